The van der Waals surface area contributed by atoms with Gasteiger partial charge in [-0.15, -0.1) is 0 Å². The number of nitrogens with one attached hydrogen (secondary N) is 3. The molecule has 0 bridgehead atoms. The fourth-order valence-corrected chi connectivity index (χ4v) is 5.39. The van der Waals surface area contributed by atoms with Gasteiger partial charge in [0.1, 0.15) is 6.04 Å². The Labute approximate surface area is 198 Å². The summed E-state index contributed by atoms with van der Waals surface area (Å²) in [6, 6.07) is 7.44. The second-order valence-corrected chi connectivity index (χ2v) is 11.5. The molecular weight excluding hydrogens is 418 g/mol. The minimum absolute atomic E-state index is 0.0282. The highest BCUT2D eigenvalue weighted by Gasteiger charge is 2.29. The van der Waals surface area contributed by atoms with Crippen LogP contribution in [0.5, 0.6) is 0 Å². The first-order chi connectivity index (χ1) is 15.3. The molecule has 1 aromatic rings. The van der Waals surface area contributed by atoms with Crippen LogP contribution in [0.1, 0.15) is 91.4 Å². The summed E-state index contributed by atoms with van der Waals surface area (Å²) < 4.78 is 3.40. The number of anilines is 1. The van der Waals surface area contributed by atoms with Gasteiger partial charge in [-0.25, -0.2) is 0 Å². The van der Waals surface area contributed by atoms with Gasteiger partial charge in [-0.3, -0.25) is 14.3 Å². The smallest absolute Gasteiger partial charge is 0.246 e. The first-order valence-corrected chi connectivity index (χ1v) is 13.3. The van der Waals surface area contributed by atoms with Gasteiger partial charge in [0.15, 0.2) is 0 Å². The van der Waals surface area contributed by atoms with Crippen LogP contribution in [0.15, 0.2) is 29.2 Å². The van der Waals surface area contributed by atoms with Crippen molar-refractivity contribution in [3.05, 3.63) is 24.3 Å². The van der Waals surface area contributed by atoms with E-state index in [1.165, 1.54) is 25.7 Å². The van der Waals surface area contributed by atoms with E-state index in [4.69, 9.17) is 0 Å². The molecule has 0 radical (unpaired) electrons. The lowest BCUT2D eigenvalue weighted by Gasteiger charge is -2.28. The zero-order chi connectivity index (χ0) is 23.0. The summed E-state index contributed by atoms with van der Waals surface area (Å²) in [6.07, 6.45) is 12.2. The Morgan fingerprint density at radius 1 is 0.938 bits per heavy atom. The van der Waals surface area contributed by atoms with Gasteiger partial charge in [0, 0.05) is 22.0 Å². The third kappa shape index (κ3) is 8.43. The highest BCUT2D eigenvalue weighted by molar-refractivity contribution is 7.97. The van der Waals surface area contributed by atoms with Crippen molar-refractivity contribution in [1.82, 2.24) is 10.0 Å². The minimum Gasteiger partial charge on any atom is -0.344 e. The Morgan fingerprint density at radius 3 is 2.12 bits per heavy atom. The molecule has 1 atom stereocenters. The molecule has 2 aliphatic carbocycles. The SMILES string of the molecule is CC(C)(C)NSc1ccc(NC(=O)[C@H](CC2CCCCC2)NC(=O)C2CCCCC2)cc1. The van der Waals surface area contributed by atoms with Gasteiger partial charge in [-0.2, -0.15) is 0 Å². The van der Waals surface area contributed by atoms with E-state index < -0.39 is 6.04 Å². The van der Waals surface area contributed by atoms with Gasteiger partial charge >= 0.3 is 0 Å². The number of carbonyl (C=O) groups excluding carboxylic acids is 2. The van der Waals surface area contributed by atoms with E-state index in [-0.39, 0.29) is 23.3 Å². The van der Waals surface area contributed by atoms with Crippen molar-refractivity contribution in [3.8, 4) is 0 Å². The van der Waals surface area contributed by atoms with Crippen molar-refractivity contribution in [1.29, 1.82) is 0 Å². The Hall–Kier alpha value is -1.53. The molecule has 6 heteroatoms. The normalized spacial score (nSPS) is 19.3. The van der Waals surface area contributed by atoms with Crippen LogP contribution in [0.25, 0.3) is 0 Å². The molecule has 3 N–H and O–H groups in total. The number of rotatable bonds is 8. The van der Waals surface area contributed by atoms with Crippen molar-refractivity contribution in [2.24, 2.45) is 11.8 Å². The lowest BCUT2D eigenvalue weighted by molar-refractivity contribution is -0.130. The first-order valence-electron chi connectivity index (χ1n) is 12.5. The molecule has 0 heterocycles. The summed E-state index contributed by atoms with van der Waals surface area (Å²) in [6.45, 7) is 6.38. The highest BCUT2D eigenvalue weighted by Crippen LogP contribution is 2.29. The van der Waals surface area contributed by atoms with Crippen molar-refractivity contribution in [2.75, 3.05) is 5.32 Å². The predicted octanol–water partition coefficient (Wildman–Crippen LogP) is 6.06. The van der Waals surface area contributed by atoms with Crippen molar-refractivity contribution in [3.63, 3.8) is 0 Å². The monoisotopic (exact) mass is 459 g/mol. The topological polar surface area (TPSA) is 70.2 Å². The van der Waals surface area contributed by atoms with Gasteiger partial charge in [-0.1, -0.05) is 51.4 Å². The third-order valence-corrected chi connectivity index (χ3v) is 7.72. The molecule has 2 aliphatic rings. The summed E-state index contributed by atoms with van der Waals surface area (Å²) in [5.41, 5.74) is 0.802. The molecule has 32 heavy (non-hydrogen) atoms. The van der Waals surface area contributed by atoms with Crippen LogP contribution < -0.4 is 15.4 Å². The maximum Gasteiger partial charge on any atom is 0.246 e. The second-order valence-electron chi connectivity index (χ2n) is 10.6. The van der Waals surface area contributed by atoms with E-state index in [0.717, 1.165) is 55.5 Å². The van der Waals surface area contributed by atoms with Gasteiger partial charge in [-0.05, 0) is 82.2 Å². The molecular formula is C26H41N3O2S. The molecule has 1 aromatic carbocycles. The van der Waals surface area contributed by atoms with Gasteiger partial charge in [0.05, 0.1) is 0 Å². The molecule has 5 nitrogen and oxygen atoms in total. The van der Waals surface area contributed by atoms with Crippen LogP contribution in [0.2, 0.25) is 0 Å². The Balaban J connectivity index is 1.60. The summed E-state index contributed by atoms with van der Waals surface area (Å²) in [5.74, 6) is 0.569. The zero-order valence-electron chi connectivity index (χ0n) is 20.0. The van der Waals surface area contributed by atoms with E-state index >= 15 is 0 Å². The standard InChI is InChI=1S/C26H41N3O2S/c1-26(2,3)29-32-22-16-14-21(15-17-22)27-25(31)23(18-19-10-6-4-7-11-19)28-24(30)20-12-8-5-9-13-20/h14-17,19-20,23,29H,4-13,18H2,1-3H3,(H,27,31)(H,28,30)/t23-/m0/s1. The largest absolute Gasteiger partial charge is 0.344 e. The molecule has 0 aliphatic heterocycles. The van der Waals surface area contributed by atoms with Crippen LogP contribution in [-0.4, -0.2) is 23.4 Å². The Kier molecular flexibility index (Phi) is 9.47. The minimum atomic E-state index is -0.455. The quantitative estimate of drug-likeness (QED) is 0.414. The Morgan fingerprint density at radius 2 is 1.53 bits per heavy atom. The lowest BCUT2D eigenvalue weighted by Crippen LogP contribution is -2.47. The third-order valence-electron chi connectivity index (χ3n) is 6.50. The van der Waals surface area contributed by atoms with E-state index in [9.17, 15) is 9.59 Å². The molecule has 178 valence electrons. The van der Waals surface area contributed by atoms with E-state index in [2.05, 4.69) is 36.1 Å². The Bertz CT molecular complexity index is 732. The molecule has 0 saturated heterocycles. The van der Waals surface area contributed by atoms with E-state index in [1.54, 1.807) is 11.9 Å². The fraction of sp³-hybridized carbons (Fsp3) is 0.692. The number of benzene rings is 1. The van der Waals surface area contributed by atoms with E-state index in [1.807, 2.05) is 24.3 Å². The van der Waals surface area contributed by atoms with Crippen molar-refractivity contribution < 1.29 is 9.59 Å². The summed E-state index contributed by atoms with van der Waals surface area (Å²) in [4.78, 5) is 27.2. The lowest BCUT2D eigenvalue weighted by atomic mass is 9.84. The molecule has 0 aromatic heterocycles. The van der Waals surface area contributed by atoms with Crippen LogP contribution in [-0.2, 0) is 9.59 Å². The van der Waals surface area contributed by atoms with Gasteiger partial charge in [0.2, 0.25) is 11.8 Å². The van der Waals surface area contributed by atoms with Crippen LogP contribution in [0.3, 0.4) is 0 Å². The molecule has 3 rings (SSSR count). The van der Waals surface area contributed by atoms with E-state index in [0.29, 0.717) is 5.92 Å². The van der Waals surface area contributed by atoms with Gasteiger partial charge in [0.25, 0.3) is 0 Å². The summed E-state index contributed by atoms with van der Waals surface area (Å²) >= 11 is 1.59. The summed E-state index contributed by atoms with van der Waals surface area (Å²) in [5, 5.41) is 6.19. The number of hydrogen-bond acceptors (Lipinski definition) is 4. The first kappa shape index (κ1) is 25.1. The van der Waals surface area contributed by atoms with Crippen molar-refractivity contribution >= 4 is 29.4 Å². The molecule has 2 fully saturated rings. The zero-order valence-corrected chi connectivity index (χ0v) is 20.9. The summed E-state index contributed by atoms with van der Waals surface area (Å²) in [7, 11) is 0. The van der Waals surface area contributed by atoms with Crippen LogP contribution >= 0.6 is 11.9 Å². The maximum absolute atomic E-state index is 13.2. The molecule has 0 spiro atoms. The molecule has 2 saturated carbocycles. The fourth-order valence-electron chi connectivity index (χ4n) is 4.69. The maximum atomic E-state index is 13.2. The average molecular weight is 460 g/mol. The second kappa shape index (κ2) is 12.1. The molecule has 0 unspecified atom stereocenters. The predicted molar refractivity (Wildman–Crippen MR) is 134 cm³/mol. The van der Waals surface area contributed by atoms with Crippen LogP contribution in [0.4, 0.5) is 5.69 Å². The van der Waals surface area contributed by atoms with Crippen molar-refractivity contribution in [2.45, 2.75) is 108 Å². The number of hydrogen-bond donors (Lipinski definition) is 3. The van der Waals surface area contributed by atoms with Gasteiger partial charge < -0.3 is 10.6 Å². The molecule has 2 amide bonds. The van der Waals surface area contributed by atoms with Crippen LogP contribution in [0, 0.1) is 11.8 Å². The number of amides is 2. The number of carbonyl (C=O) groups is 2. The average Bonchev–Trinajstić information content (AvgIpc) is 2.79. The highest BCUT2D eigenvalue weighted by atomic mass is 32.2.